The molecule has 2 N–H and O–H groups in total. The normalized spacial score (nSPS) is 19.4. The van der Waals surface area contributed by atoms with Crippen molar-refractivity contribution in [2.45, 2.75) is 23.1 Å². The summed E-state index contributed by atoms with van der Waals surface area (Å²) in [7, 11) is 0. The van der Waals surface area contributed by atoms with E-state index in [4.69, 9.17) is 58.0 Å². The topological polar surface area (TPSA) is 75.3 Å². The maximum Gasteiger partial charge on any atom is 0.231 e. The summed E-state index contributed by atoms with van der Waals surface area (Å²) in [6.07, 6.45) is 0.372. The van der Waals surface area contributed by atoms with Crippen molar-refractivity contribution in [2.75, 3.05) is 10.6 Å². The summed E-state index contributed by atoms with van der Waals surface area (Å²) < 4.78 is -1.33. The van der Waals surface area contributed by atoms with Gasteiger partial charge in [0.05, 0.1) is 17.4 Å². The molecule has 3 aromatic carbocycles. The Kier molecular flexibility index (Phi) is 6.73. The lowest BCUT2D eigenvalue weighted by Crippen LogP contribution is -2.17. The van der Waals surface area contributed by atoms with Gasteiger partial charge in [-0.15, -0.1) is 23.2 Å². The summed E-state index contributed by atoms with van der Waals surface area (Å²) in [5.41, 5.74) is 3.68. The lowest BCUT2D eigenvalue weighted by atomic mass is 10.00. The van der Waals surface area contributed by atoms with E-state index in [0.29, 0.717) is 21.3 Å². The summed E-state index contributed by atoms with van der Waals surface area (Å²) in [6.45, 7) is 0. The summed E-state index contributed by atoms with van der Waals surface area (Å²) >= 11 is 31.4. The van der Waals surface area contributed by atoms with Gasteiger partial charge < -0.3 is 10.6 Å². The average Bonchev–Trinajstić information content (AvgIpc) is 3.18. The second-order valence-corrected chi connectivity index (χ2v) is 11.6. The Morgan fingerprint density at radius 1 is 0.972 bits per heavy atom. The van der Waals surface area contributed by atoms with Gasteiger partial charge in [0.2, 0.25) is 11.8 Å². The predicted molar refractivity (Wildman–Crippen MR) is 144 cm³/mol. The smallest absolute Gasteiger partial charge is 0.231 e. The number of halogens is 5. The Labute approximate surface area is 232 Å². The number of rotatable bonds is 6. The molecule has 5 nitrogen and oxygen atoms in total. The molecular weight excluding hydrogens is 566 g/mol. The minimum Gasteiger partial charge on any atom is -0.326 e. The lowest BCUT2D eigenvalue weighted by Gasteiger charge is -2.10. The fourth-order valence-electron chi connectivity index (χ4n) is 4.53. The summed E-state index contributed by atoms with van der Waals surface area (Å²) in [5, 5.41) is 6.64. The number of hydrogen-bond donors (Lipinski definition) is 2. The molecule has 2 atom stereocenters. The molecule has 5 rings (SSSR count). The summed E-state index contributed by atoms with van der Waals surface area (Å²) in [4.78, 5) is 37.7. The van der Waals surface area contributed by atoms with Crippen LogP contribution in [0.25, 0.3) is 0 Å². The van der Waals surface area contributed by atoms with E-state index in [2.05, 4.69) is 10.6 Å². The van der Waals surface area contributed by atoms with Gasteiger partial charge in [0.15, 0.2) is 5.78 Å². The number of alkyl halides is 2. The zero-order chi connectivity index (χ0) is 25.8. The standard InChI is InChI=1S/C26H17Cl5N2O3/c27-15-7-14(8-16(28)10-15)23-24(26(23,30)31)25(36)32-17-2-3-19(29)18(11-17)21(34)6-12-1-4-20-13(5-12)9-22(35)33-20/h1-5,7-8,10-11,23-24H,6,9H2,(H,32,36)(H,33,35). The van der Waals surface area contributed by atoms with Gasteiger partial charge in [0.25, 0.3) is 0 Å². The Hall–Kier alpha value is -2.28. The van der Waals surface area contributed by atoms with Gasteiger partial charge >= 0.3 is 0 Å². The second kappa shape index (κ2) is 9.55. The van der Waals surface area contributed by atoms with E-state index in [9.17, 15) is 14.4 Å². The van der Waals surface area contributed by atoms with Gasteiger partial charge in [-0.25, -0.2) is 0 Å². The molecule has 2 unspecified atom stereocenters. The van der Waals surface area contributed by atoms with Crippen LogP contribution in [0.4, 0.5) is 11.4 Å². The molecule has 2 amide bonds. The van der Waals surface area contributed by atoms with E-state index in [1.165, 1.54) is 6.07 Å². The number of fused-ring (bicyclic) bond motifs is 1. The molecule has 1 heterocycles. The van der Waals surface area contributed by atoms with Crippen molar-refractivity contribution >= 4 is 87.0 Å². The zero-order valence-corrected chi connectivity index (χ0v) is 22.2. The molecule has 0 radical (unpaired) electrons. The van der Waals surface area contributed by atoms with Crippen LogP contribution in [0, 0.1) is 5.92 Å². The van der Waals surface area contributed by atoms with E-state index in [1.54, 1.807) is 42.5 Å². The van der Waals surface area contributed by atoms with E-state index >= 15 is 0 Å². The summed E-state index contributed by atoms with van der Waals surface area (Å²) in [6, 6.07) is 15.0. The highest BCUT2D eigenvalue weighted by Crippen LogP contribution is 2.65. The number of anilines is 2. The molecule has 0 aromatic heterocycles. The molecule has 1 aliphatic heterocycles. The molecule has 2 aliphatic rings. The molecule has 1 aliphatic carbocycles. The highest BCUT2D eigenvalue weighted by molar-refractivity contribution is 6.53. The average molecular weight is 583 g/mol. The number of ketones is 1. The number of carbonyl (C=O) groups excluding carboxylic acids is 3. The highest BCUT2D eigenvalue weighted by atomic mass is 35.5. The van der Waals surface area contributed by atoms with Gasteiger partial charge in [0.1, 0.15) is 4.33 Å². The fraction of sp³-hybridized carbons (Fsp3) is 0.192. The number of hydrogen-bond acceptors (Lipinski definition) is 3. The van der Waals surface area contributed by atoms with Gasteiger partial charge in [-0.2, -0.15) is 0 Å². The molecule has 3 aromatic rings. The molecule has 1 fully saturated rings. The first-order valence-corrected chi connectivity index (χ1v) is 12.8. The predicted octanol–water partition coefficient (Wildman–Crippen LogP) is 7.09. The maximum absolute atomic E-state index is 13.0. The van der Waals surface area contributed by atoms with Crippen molar-refractivity contribution in [2.24, 2.45) is 5.92 Å². The first kappa shape index (κ1) is 25.4. The van der Waals surface area contributed by atoms with Crippen LogP contribution in [-0.4, -0.2) is 21.9 Å². The van der Waals surface area contributed by atoms with Crippen molar-refractivity contribution in [1.29, 1.82) is 0 Å². The highest BCUT2D eigenvalue weighted by Gasteiger charge is 2.67. The molecule has 0 spiro atoms. The number of Topliss-reactive ketones (excluding diaryl/α,β-unsaturated/α-hetero) is 1. The van der Waals surface area contributed by atoms with Gasteiger partial charge in [0, 0.05) is 39.3 Å². The third-order valence-corrected chi connectivity index (χ3v) is 7.98. The van der Waals surface area contributed by atoms with E-state index < -0.39 is 22.1 Å². The SMILES string of the molecule is O=C1Cc2cc(CC(=O)c3cc(NC(=O)C4C(c5cc(Cl)cc(Cl)c5)C4(Cl)Cl)ccc3Cl)ccc2N1. The molecule has 0 saturated heterocycles. The van der Waals surface area contributed by atoms with Crippen LogP contribution in [0.2, 0.25) is 15.1 Å². The number of carbonyl (C=O) groups is 3. The van der Waals surface area contributed by atoms with Gasteiger partial charge in [-0.1, -0.05) is 46.9 Å². The molecule has 1 saturated carbocycles. The number of amides is 2. The van der Waals surface area contributed by atoms with E-state index in [0.717, 1.165) is 16.8 Å². The molecular formula is C26H17Cl5N2O3. The monoisotopic (exact) mass is 580 g/mol. The Morgan fingerprint density at radius 3 is 2.42 bits per heavy atom. The fourth-order valence-corrected chi connectivity index (χ4v) is 6.13. The third-order valence-electron chi connectivity index (χ3n) is 6.27. The zero-order valence-electron chi connectivity index (χ0n) is 18.4. The second-order valence-electron chi connectivity index (χ2n) is 8.83. The molecule has 36 heavy (non-hydrogen) atoms. The van der Waals surface area contributed by atoms with Gasteiger partial charge in [-0.3, -0.25) is 14.4 Å². The van der Waals surface area contributed by atoms with Crippen LogP contribution in [0.1, 0.15) is 33.0 Å². The van der Waals surface area contributed by atoms with Crippen LogP contribution in [0.5, 0.6) is 0 Å². The van der Waals surface area contributed by atoms with Crippen molar-refractivity contribution in [3.8, 4) is 0 Å². The maximum atomic E-state index is 13.0. The first-order valence-electron chi connectivity index (χ1n) is 10.9. The van der Waals surface area contributed by atoms with Crippen LogP contribution in [-0.2, 0) is 22.4 Å². The third kappa shape index (κ3) is 4.96. The van der Waals surface area contributed by atoms with Crippen LogP contribution in [0.3, 0.4) is 0 Å². The Morgan fingerprint density at radius 2 is 1.69 bits per heavy atom. The summed E-state index contributed by atoms with van der Waals surface area (Å²) in [5.74, 6) is -1.94. The largest absolute Gasteiger partial charge is 0.326 e. The van der Waals surface area contributed by atoms with Crippen LogP contribution in [0.15, 0.2) is 54.6 Å². The van der Waals surface area contributed by atoms with Crippen LogP contribution >= 0.6 is 58.0 Å². The van der Waals surface area contributed by atoms with Gasteiger partial charge in [-0.05, 0) is 59.2 Å². The number of nitrogens with one attached hydrogen (secondary N) is 2. The minimum absolute atomic E-state index is 0.0748. The van der Waals surface area contributed by atoms with Crippen molar-refractivity contribution in [3.63, 3.8) is 0 Å². The lowest BCUT2D eigenvalue weighted by molar-refractivity contribution is -0.117. The van der Waals surface area contributed by atoms with Crippen molar-refractivity contribution in [3.05, 3.63) is 91.9 Å². The van der Waals surface area contributed by atoms with Crippen molar-refractivity contribution < 1.29 is 14.4 Å². The van der Waals surface area contributed by atoms with Crippen LogP contribution < -0.4 is 10.6 Å². The molecule has 10 heteroatoms. The minimum atomic E-state index is -1.33. The first-order chi connectivity index (χ1) is 17.0. The number of benzene rings is 3. The van der Waals surface area contributed by atoms with E-state index in [1.807, 2.05) is 6.07 Å². The Bertz CT molecular complexity index is 1420. The van der Waals surface area contributed by atoms with Crippen molar-refractivity contribution in [1.82, 2.24) is 0 Å². The molecule has 0 bridgehead atoms. The quantitative estimate of drug-likeness (QED) is 0.241. The van der Waals surface area contributed by atoms with E-state index in [-0.39, 0.29) is 35.1 Å². The Balaban J connectivity index is 1.31. The molecule has 184 valence electrons.